The van der Waals surface area contributed by atoms with Gasteiger partial charge in [0.2, 0.25) is 0 Å². The van der Waals surface area contributed by atoms with E-state index in [9.17, 15) is 5.21 Å². The molecule has 2 N–H and O–H groups in total. The Bertz CT molecular complexity index is 221. The first-order valence-electron chi connectivity index (χ1n) is 8.78. The van der Waals surface area contributed by atoms with E-state index in [0.29, 0.717) is 0 Å². The van der Waals surface area contributed by atoms with Crippen LogP contribution in [0.1, 0.15) is 71.1 Å². The molecule has 0 saturated carbocycles. The minimum Gasteiger partial charge on any atom is -0.564 e. The van der Waals surface area contributed by atoms with Crippen LogP contribution in [0.5, 0.6) is 0 Å². The molecule has 6 nitrogen and oxygen atoms in total. The van der Waals surface area contributed by atoms with E-state index in [4.69, 9.17) is 19.9 Å². The fourth-order valence-corrected chi connectivity index (χ4v) is 2.32. The Morgan fingerprint density at radius 2 is 1.14 bits per heavy atom. The molecule has 0 radical (unpaired) electrons. The minimum absolute atomic E-state index is 0.0628. The van der Waals surface area contributed by atoms with Gasteiger partial charge < -0.3 is 15.4 Å². The number of unbranched alkanes of at least 4 members (excludes halogenated alkanes) is 9. The Balaban J connectivity index is 3.58. The average Bonchev–Trinajstić information content (AvgIpc) is 2.53. The molecule has 0 aromatic heterocycles. The van der Waals surface area contributed by atoms with Crippen LogP contribution in [0, 0.1) is 5.21 Å². The van der Waals surface area contributed by atoms with Crippen LogP contribution < -0.4 is 0 Å². The molecule has 0 aromatic rings. The van der Waals surface area contributed by atoms with Crippen LogP contribution in [-0.2, 0) is 9.68 Å². The van der Waals surface area contributed by atoms with E-state index in [2.05, 4.69) is 6.92 Å². The second-order valence-electron chi connectivity index (χ2n) is 5.63. The number of aliphatic hydroxyl groups excluding tert-OH is 2. The summed E-state index contributed by atoms with van der Waals surface area (Å²) < 4.78 is 0. The van der Waals surface area contributed by atoms with E-state index in [-0.39, 0.29) is 33.0 Å². The Hall–Kier alpha value is -0.240. The zero-order valence-electron chi connectivity index (χ0n) is 14.2. The molecular formula is C16H35NO5. The molecule has 0 aromatic carbocycles. The van der Waals surface area contributed by atoms with Crippen molar-refractivity contribution in [2.24, 2.45) is 0 Å². The van der Waals surface area contributed by atoms with E-state index >= 15 is 0 Å². The van der Waals surface area contributed by atoms with Crippen LogP contribution in [0.25, 0.3) is 0 Å². The van der Waals surface area contributed by atoms with Crippen LogP contribution in [-0.4, -0.2) is 48.2 Å². The van der Waals surface area contributed by atoms with Crippen molar-refractivity contribution < 1.29 is 24.9 Å². The van der Waals surface area contributed by atoms with Gasteiger partial charge in [0.1, 0.15) is 19.8 Å². The Kier molecular flexibility index (Phi) is 15.5. The van der Waals surface area contributed by atoms with Gasteiger partial charge in [0.15, 0.2) is 0 Å². The first-order valence-corrected chi connectivity index (χ1v) is 8.78. The summed E-state index contributed by atoms with van der Waals surface area (Å²) in [6.07, 6.45) is 11.9. The van der Waals surface area contributed by atoms with Gasteiger partial charge in [0.05, 0.1) is 13.2 Å². The third-order valence-corrected chi connectivity index (χ3v) is 3.54. The maximum atomic E-state index is 12.1. The molecule has 0 aliphatic rings. The fraction of sp³-hybridized carbons (Fsp3) is 1.00. The van der Waals surface area contributed by atoms with Crippen LogP contribution >= 0.6 is 0 Å². The summed E-state index contributed by atoms with van der Waals surface area (Å²) in [5.41, 5.74) is 0. The average molecular weight is 321 g/mol. The highest BCUT2D eigenvalue weighted by molar-refractivity contribution is 4.47. The normalized spacial score (nSPS) is 12.0. The van der Waals surface area contributed by atoms with Crippen LogP contribution in [0.15, 0.2) is 0 Å². The van der Waals surface area contributed by atoms with E-state index in [1.807, 2.05) is 0 Å². The summed E-state index contributed by atoms with van der Waals surface area (Å²) in [4.78, 5) is 8.69. The van der Waals surface area contributed by atoms with Crippen molar-refractivity contribution in [2.75, 3.05) is 33.0 Å². The molecule has 0 aliphatic carbocycles. The topological polar surface area (TPSA) is 82.0 Å². The monoisotopic (exact) mass is 321 g/mol. The number of hydrogen-bond donors (Lipinski definition) is 2. The van der Waals surface area contributed by atoms with E-state index in [0.717, 1.165) is 19.3 Å². The number of nitrogens with zero attached hydrogens (tertiary/aromatic N) is 1. The maximum absolute atomic E-state index is 12.1. The smallest absolute Gasteiger partial charge is 0.142 e. The molecule has 0 bridgehead atoms. The second kappa shape index (κ2) is 15.6. The lowest BCUT2D eigenvalue weighted by Crippen LogP contribution is -2.44. The van der Waals surface area contributed by atoms with Gasteiger partial charge in [-0.3, -0.25) is 0 Å². The standard InChI is InChI=1S/C16H35NO5/c1-2-3-4-5-6-7-8-9-10-11-12-17(20,21-15-13-18)22-16-14-19/h18-19H,2-16H2,1H3. The lowest BCUT2D eigenvalue weighted by Gasteiger charge is -2.35. The van der Waals surface area contributed by atoms with Gasteiger partial charge in [-0.05, 0) is 6.42 Å². The van der Waals surface area contributed by atoms with Gasteiger partial charge in [-0.1, -0.05) is 63.3 Å². The Morgan fingerprint density at radius 1 is 0.727 bits per heavy atom. The lowest BCUT2D eigenvalue weighted by atomic mass is 10.1. The summed E-state index contributed by atoms with van der Waals surface area (Å²) in [7, 11) is 0. The van der Waals surface area contributed by atoms with Gasteiger partial charge in [0, 0.05) is 6.42 Å². The molecule has 0 saturated heterocycles. The van der Waals surface area contributed by atoms with Crippen LogP contribution in [0.2, 0.25) is 0 Å². The van der Waals surface area contributed by atoms with Crippen molar-refractivity contribution >= 4 is 0 Å². The predicted octanol–water partition coefficient (Wildman–Crippen LogP) is 3.07. The van der Waals surface area contributed by atoms with Crippen molar-refractivity contribution in [3.05, 3.63) is 5.21 Å². The molecule has 0 spiro atoms. The SMILES string of the molecule is CCCCCCCCCCCC[N+]([O-])(OCCO)OCCO. The molecule has 0 aliphatic heterocycles. The lowest BCUT2D eigenvalue weighted by molar-refractivity contribution is -1.21. The van der Waals surface area contributed by atoms with Crippen molar-refractivity contribution in [3.8, 4) is 0 Å². The van der Waals surface area contributed by atoms with Crippen molar-refractivity contribution in [1.82, 2.24) is 0 Å². The minimum atomic E-state index is -1.24. The number of rotatable bonds is 17. The molecule has 0 amide bonds. The third kappa shape index (κ3) is 13.4. The van der Waals surface area contributed by atoms with Crippen molar-refractivity contribution in [2.45, 2.75) is 71.1 Å². The number of aliphatic hydroxyl groups is 2. The number of hydroxylamine groups is 3. The Morgan fingerprint density at radius 3 is 1.55 bits per heavy atom. The number of hydrogen-bond acceptors (Lipinski definition) is 5. The highest BCUT2D eigenvalue weighted by Crippen LogP contribution is 2.14. The Labute approximate surface area is 135 Å². The second-order valence-corrected chi connectivity index (χ2v) is 5.63. The van der Waals surface area contributed by atoms with Gasteiger partial charge in [0.25, 0.3) is 0 Å². The van der Waals surface area contributed by atoms with Crippen molar-refractivity contribution in [1.29, 1.82) is 0 Å². The summed E-state index contributed by atoms with van der Waals surface area (Å²) in [5, 5.41) is 29.6. The van der Waals surface area contributed by atoms with E-state index in [1.165, 1.54) is 44.9 Å². The molecule has 22 heavy (non-hydrogen) atoms. The van der Waals surface area contributed by atoms with Crippen LogP contribution in [0.3, 0.4) is 0 Å². The fourth-order valence-electron chi connectivity index (χ4n) is 2.32. The van der Waals surface area contributed by atoms with Gasteiger partial charge in [-0.2, -0.15) is 9.68 Å². The molecule has 0 fully saturated rings. The third-order valence-electron chi connectivity index (χ3n) is 3.54. The quantitative estimate of drug-likeness (QED) is 0.244. The summed E-state index contributed by atoms with van der Waals surface area (Å²) >= 11 is 0. The largest absolute Gasteiger partial charge is 0.564 e. The molecule has 6 heteroatoms. The van der Waals surface area contributed by atoms with Crippen molar-refractivity contribution in [3.63, 3.8) is 0 Å². The predicted molar refractivity (Wildman–Crippen MR) is 86.4 cm³/mol. The van der Waals surface area contributed by atoms with Gasteiger partial charge in [-0.25, -0.2) is 0 Å². The summed E-state index contributed by atoms with van der Waals surface area (Å²) in [6.45, 7) is 1.85. The van der Waals surface area contributed by atoms with Gasteiger partial charge >= 0.3 is 0 Å². The first kappa shape index (κ1) is 21.8. The highest BCUT2D eigenvalue weighted by atomic mass is 17.2. The van der Waals surface area contributed by atoms with Crippen LogP contribution in [0.4, 0.5) is 0 Å². The molecule has 0 rings (SSSR count). The molecule has 134 valence electrons. The van der Waals surface area contributed by atoms with E-state index in [1.54, 1.807) is 0 Å². The van der Waals surface area contributed by atoms with Gasteiger partial charge in [-0.15, -0.1) is 0 Å². The number of quaternary nitrogens is 1. The molecular weight excluding hydrogens is 286 g/mol. The zero-order valence-corrected chi connectivity index (χ0v) is 14.2. The highest BCUT2D eigenvalue weighted by Gasteiger charge is 2.20. The summed E-state index contributed by atoms with van der Waals surface area (Å²) in [5.74, 6) is 0. The molecule has 0 unspecified atom stereocenters. The first-order chi connectivity index (χ1) is 10.7. The zero-order chi connectivity index (χ0) is 16.5. The summed E-state index contributed by atoms with van der Waals surface area (Å²) in [6, 6.07) is 0. The van der Waals surface area contributed by atoms with E-state index < -0.39 is 4.97 Å². The molecule has 0 heterocycles. The molecule has 0 atom stereocenters. The maximum Gasteiger partial charge on any atom is 0.142 e.